The van der Waals surface area contributed by atoms with Crippen LogP contribution in [0, 0.1) is 12.1 Å². The fourth-order valence-corrected chi connectivity index (χ4v) is 2.29. The summed E-state index contributed by atoms with van der Waals surface area (Å²) in [5.41, 5.74) is 4.06. The number of nitrogens with zero attached hydrogens (tertiary/aromatic N) is 3. The van der Waals surface area contributed by atoms with Crippen LogP contribution in [0.3, 0.4) is 0 Å². The Morgan fingerprint density at radius 3 is 1.50 bits per heavy atom. The fraction of sp³-hybridized carbons (Fsp3) is 0.0526. The van der Waals surface area contributed by atoms with Gasteiger partial charge in [0.25, 0.3) is 0 Å². The summed E-state index contributed by atoms with van der Waals surface area (Å²) in [5, 5.41) is 7.85. The maximum atomic E-state index is 4.05. The molecular formula is C19H15Li2N3. The molecule has 0 amide bonds. The van der Waals surface area contributed by atoms with E-state index >= 15 is 0 Å². The Kier molecular flexibility index (Phi) is 8.62. The predicted octanol–water partition coefficient (Wildman–Crippen LogP) is -0.522. The van der Waals surface area contributed by atoms with E-state index in [-0.39, 0.29) is 37.7 Å². The summed E-state index contributed by atoms with van der Waals surface area (Å²) < 4.78 is 0. The minimum atomic E-state index is 0. The summed E-state index contributed by atoms with van der Waals surface area (Å²) in [4.78, 5) is 2.18. The zero-order valence-corrected chi connectivity index (χ0v) is 14.3. The van der Waals surface area contributed by atoms with E-state index in [1.165, 1.54) is 0 Å². The van der Waals surface area contributed by atoms with Crippen molar-refractivity contribution < 1.29 is 37.7 Å². The average Bonchev–Trinajstić information content (AvgIpc) is 2.59. The van der Waals surface area contributed by atoms with E-state index < -0.39 is 0 Å². The van der Waals surface area contributed by atoms with Crippen LogP contribution in [0.4, 0.5) is 22.7 Å². The van der Waals surface area contributed by atoms with Crippen LogP contribution in [0.25, 0.3) is 0 Å². The number of azo groups is 1. The standard InChI is InChI=1S/C19H15N3.2Li/c1-20-21-16-12-14-19(15-13-16)22(17-8-4-2-5-9-17)18-10-6-3-7-11-18;;/h4-15H,1H3;;/q-2;2*+1. The van der Waals surface area contributed by atoms with Gasteiger partial charge in [0.05, 0.1) is 5.69 Å². The van der Waals surface area contributed by atoms with Crippen LogP contribution >= 0.6 is 0 Å². The van der Waals surface area contributed by atoms with Crippen molar-refractivity contribution >= 4 is 22.7 Å². The number of benzene rings is 3. The molecule has 0 heterocycles. The van der Waals surface area contributed by atoms with Gasteiger partial charge in [-0.15, -0.1) is 24.3 Å². The molecule has 3 rings (SSSR count). The zero-order valence-electron chi connectivity index (χ0n) is 14.3. The van der Waals surface area contributed by atoms with Crippen molar-refractivity contribution in [3.63, 3.8) is 0 Å². The fourth-order valence-electron chi connectivity index (χ4n) is 2.29. The van der Waals surface area contributed by atoms with Crippen LogP contribution in [0.5, 0.6) is 0 Å². The Labute approximate surface area is 167 Å². The molecule has 0 saturated carbocycles. The van der Waals surface area contributed by atoms with Gasteiger partial charge in [0.15, 0.2) is 0 Å². The van der Waals surface area contributed by atoms with Crippen LogP contribution in [0.1, 0.15) is 0 Å². The molecule has 3 aromatic carbocycles. The SMILES string of the molecule is CN=Nc1ccc(N(c2cc[c-]cc2)c2cc[c-]cc2)cc1.[Li+].[Li+]. The van der Waals surface area contributed by atoms with Gasteiger partial charge in [-0.3, -0.25) is 0 Å². The van der Waals surface area contributed by atoms with E-state index in [4.69, 9.17) is 0 Å². The Morgan fingerprint density at radius 1 is 0.667 bits per heavy atom. The predicted molar refractivity (Wildman–Crippen MR) is 89.2 cm³/mol. The number of rotatable bonds is 4. The molecule has 3 aromatic rings. The van der Waals surface area contributed by atoms with Crippen LogP contribution in [0.15, 0.2) is 83.0 Å². The van der Waals surface area contributed by atoms with Crippen LogP contribution < -0.4 is 42.6 Å². The number of hydrogen-bond donors (Lipinski definition) is 0. The molecule has 0 spiro atoms. The summed E-state index contributed by atoms with van der Waals surface area (Å²) in [6.07, 6.45) is 0. The molecule has 0 aliphatic heterocycles. The average molecular weight is 299 g/mol. The maximum Gasteiger partial charge on any atom is 1.00 e. The van der Waals surface area contributed by atoms with Crippen molar-refractivity contribution in [2.45, 2.75) is 0 Å². The molecule has 0 radical (unpaired) electrons. The second-order valence-corrected chi connectivity index (χ2v) is 4.67. The Balaban J connectivity index is 0.00000144. The Morgan fingerprint density at radius 2 is 1.08 bits per heavy atom. The number of anilines is 3. The Hall–Kier alpha value is -1.75. The van der Waals surface area contributed by atoms with Gasteiger partial charge in [0.1, 0.15) is 0 Å². The summed E-state index contributed by atoms with van der Waals surface area (Å²) in [6, 6.07) is 29.9. The quantitative estimate of drug-likeness (QED) is 0.362. The summed E-state index contributed by atoms with van der Waals surface area (Å²) in [7, 11) is 1.67. The van der Waals surface area contributed by atoms with Gasteiger partial charge in [0, 0.05) is 12.7 Å². The number of hydrogen-bond acceptors (Lipinski definition) is 3. The largest absolute Gasteiger partial charge is 1.00 e. The van der Waals surface area contributed by atoms with Crippen molar-refractivity contribution in [2.24, 2.45) is 10.2 Å². The van der Waals surface area contributed by atoms with Gasteiger partial charge in [-0.2, -0.15) is 46.6 Å². The van der Waals surface area contributed by atoms with Gasteiger partial charge < -0.3 is 4.90 Å². The van der Waals surface area contributed by atoms with Crippen molar-refractivity contribution in [2.75, 3.05) is 11.9 Å². The van der Waals surface area contributed by atoms with Crippen molar-refractivity contribution in [3.05, 3.63) is 84.9 Å². The molecule has 0 N–H and O–H groups in total. The third-order valence-electron chi connectivity index (χ3n) is 3.24. The molecule has 0 saturated heterocycles. The molecule has 0 unspecified atom stereocenters. The molecule has 0 fully saturated rings. The third kappa shape index (κ3) is 4.87. The van der Waals surface area contributed by atoms with Gasteiger partial charge in [-0.25, -0.2) is 0 Å². The molecule has 3 nitrogen and oxygen atoms in total. The van der Waals surface area contributed by atoms with Crippen molar-refractivity contribution in [1.82, 2.24) is 0 Å². The monoisotopic (exact) mass is 299 g/mol. The van der Waals surface area contributed by atoms with Gasteiger partial charge >= 0.3 is 37.7 Å². The summed E-state index contributed by atoms with van der Waals surface area (Å²) >= 11 is 0. The van der Waals surface area contributed by atoms with E-state index in [0.717, 1.165) is 22.7 Å². The molecule has 5 heteroatoms. The van der Waals surface area contributed by atoms with Crippen LogP contribution in [-0.2, 0) is 0 Å². The third-order valence-corrected chi connectivity index (χ3v) is 3.24. The van der Waals surface area contributed by atoms with Crippen molar-refractivity contribution in [1.29, 1.82) is 0 Å². The zero-order chi connectivity index (χ0) is 15.2. The van der Waals surface area contributed by atoms with Gasteiger partial charge in [-0.05, 0) is 24.3 Å². The molecule has 0 aromatic heterocycles. The molecule has 0 aliphatic carbocycles. The minimum Gasteiger partial charge on any atom is -0.358 e. The van der Waals surface area contributed by atoms with Crippen LogP contribution in [-0.4, -0.2) is 7.05 Å². The van der Waals surface area contributed by atoms with Gasteiger partial charge in [0.2, 0.25) is 0 Å². The van der Waals surface area contributed by atoms with E-state index in [0.29, 0.717) is 0 Å². The summed E-state index contributed by atoms with van der Waals surface area (Å²) in [6.45, 7) is 0. The topological polar surface area (TPSA) is 28.0 Å². The first-order valence-corrected chi connectivity index (χ1v) is 7.01. The summed E-state index contributed by atoms with van der Waals surface area (Å²) in [5.74, 6) is 0. The molecule has 0 bridgehead atoms. The first-order chi connectivity index (χ1) is 10.9. The minimum absolute atomic E-state index is 0. The molecule has 0 atom stereocenters. The Bertz CT molecular complexity index is 705. The molecule has 0 aliphatic rings. The van der Waals surface area contributed by atoms with E-state index in [1.807, 2.05) is 72.8 Å². The van der Waals surface area contributed by atoms with Crippen molar-refractivity contribution in [3.8, 4) is 0 Å². The molecular weight excluding hydrogens is 284 g/mol. The second kappa shape index (κ2) is 10.2. The smallest absolute Gasteiger partial charge is 0.358 e. The van der Waals surface area contributed by atoms with E-state index in [1.54, 1.807) is 7.05 Å². The van der Waals surface area contributed by atoms with E-state index in [9.17, 15) is 0 Å². The first kappa shape index (κ1) is 20.3. The normalized spacial score (nSPS) is 9.88. The first-order valence-electron chi connectivity index (χ1n) is 7.01. The van der Waals surface area contributed by atoms with Crippen LogP contribution in [0.2, 0.25) is 0 Å². The maximum absolute atomic E-state index is 4.05. The van der Waals surface area contributed by atoms with E-state index in [2.05, 4.69) is 27.3 Å². The molecule has 24 heavy (non-hydrogen) atoms. The van der Waals surface area contributed by atoms with Gasteiger partial charge in [-0.1, -0.05) is 11.4 Å². The molecule has 108 valence electrons. The second-order valence-electron chi connectivity index (χ2n) is 4.67.